The molecule has 23 heavy (non-hydrogen) atoms. The van der Waals surface area contributed by atoms with Crippen LogP contribution in [0.2, 0.25) is 0 Å². The first-order valence-corrected chi connectivity index (χ1v) is 9.39. The van der Waals surface area contributed by atoms with Crippen molar-refractivity contribution in [2.75, 3.05) is 0 Å². The van der Waals surface area contributed by atoms with E-state index in [1.165, 1.54) is 10.8 Å². The van der Waals surface area contributed by atoms with Gasteiger partial charge in [-0.3, -0.25) is 0 Å². The molecule has 0 spiro atoms. The maximum Gasteiger partial charge on any atom is 0.181 e. The van der Waals surface area contributed by atoms with Crippen LogP contribution in [0, 0.1) is 6.92 Å². The second-order valence-electron chi connectivity index (χ2n) is 6.35. The van der Waals surface area contributed by atoms with Gasteiger partial charge in [-0.2, -0.15) is 0 Å². The number of hydrogen-bond acceptors (Lipinski definition) is 2. The lowest BCUT2D eigenvalue weighted by Crippen LogP contribution is -2.09. The molecule has 0 heterocycles. The van der Waals surface area contributed by atoms with Crippen molar-refractivity contribution in [3.8, 4) is 0 Å². The highest BCUT2D eigenvalue weighted by Crippen LogP contribution is 2.48. The van der Waals surface area contributed by atoms with Crippen molar-refractivity contribution in [1.82, 2.24) is 0 Å². The summed E-state index contributed by atoms with van der Waals surface area (Å²) in [5.74, 6) is 0.117. The zero-order valence-corrected chi connectivity index (χ0v) is 13.8. The van der Waals surface area contributed by atoms with E-state index in [1.54, 1.807) is 12.1 Å². The van der Waals surface area contributed by atoms with Gasteiger partial charge in [-0.15, -0.1) is 0 Å². The minimum atomic E-state index is -3.23. The van der Waals surface area contributed by atoms with Crippen LogP contribution in [-0.4, -0.2) is 13.7 Å². The van der Waals surface area contributed by atoms with E-state index in [0.717, 1.165) is 11.1 Å². The normalized spacial score (nSPS) is 20.6. The molecule has 0 radical (unpaired) electrons. The first kappa shape index (κ1) is 14.5. The molecule has 116 valence electrons. The van der Waals surface area contributed by atoms with Crippen LogP contribution in [0.25, 0.3) is 10.8 Å². The Balaban J connectivity index is 1.64. The van der Waals surface area contributed by atoms with Crippen molar-refractivity contribution in [2.24, 2.45) is 0 Å². The molecule has 0 saturated heterocycles. The summed E-state index contributed by atoms with van der Waals surface area (Å²) in [5, 5.41) is 2.07. The van der Waals surface area contributed by atoms with E-state index in [9.17, 15) is 8.42 Å². The topological polar surface area (TPSA) is 34.1 Å². The summed E-state index contributed by atoms with van der Waals surface area (Å²) in [5.41, 5.74) is 2.20. The highest BCUT2D eigenvalue weighted by Gasteiger charge is 2.48. The zero-order valence-electron chi connectivity index (χ0n) is 12.9. The van der Waals surface area contributed by atoms with Gasteiger partial charge >= 0.3 is 0 Å². The average molecular weight is 322 g/mol. The number of hydrogen-bond donors (Lipinski definition) is 0. The van der Waals surface area contributed by atoms with Crippen molar-refractivity contribution in [3.63, 3.8) is 0 Å². The lowest BCUT2D eigenvalue weighted by molar-refractivity contribution is 0.594. The highest BCUT2D eigenvalue weighted by molar-refractivity contribution is 7.92. The largest absolute Gasteiger partial charge is 0.223 e. The summed E-state index contributed by atoms with van der Waals surface area (Å²) >= 11 is 0. The lowest BCUT2D eigenvalue weighted by atomic mass is 10.0. The van der Waals surface area contributed by atoms with Gasteiger partial charge < -0.3 is 0 Å². The van der Waals surface area contributed by atoms with Crippen LogP contribution in [0.5, 0.6) is 0 Å². The fourth-order valence-electron chi connectivity index (χ4n) is 3.21. The van der Waals surface area contributed by atoms with Gasteiger partial charge in [0.25, 0.3) is 0 Å². The minimum Gasteiger partial charge on any atom is -0.223 e. The predicted molar refractivity (Wildman–Crippen MR) is 93.5 cm³/mol. The Morgan fingerprint density at radius 1 is 0.870 bits per heavy atom. The Labute approximate surface area is 136 Å². The van der Waals surface area contributed by atoms with E-state index in [2.05, 4.69) is 30.3 Å². The van der Waals surface area contributed by atoms with Crippen LogP contribution < -0.4 is 0 Å². The Morgan fingerprint density at radius 2 is 1.57 bits per heavy atom. The van der Waals surface area contributed by atoms with Crippen LogP contribution in [0.4, 0.5) is 0 Å². The van der Waals surface area contributed by atoms with Crippen LogP contribution in [0.3, 0.4) is 0 Å². The van der Waals surface area contributed by atoms with Gasteiger partial charge in [0.05, 0.1) is 10.1 Å². The van der Waals surface area contributed by atoms with Gasteiger partial charge in [0.15, 0.2) is 9.84 Å². The van der Waals surface area contributed by atoms with Crippen molar-refractivity contribution in [1.29, 1.82) is 0 Å². The van der Waals surface area contributed by atoms with Gasteiger partial charge in [-0.1, -0.05) is 60.2 Å². The predicted octanol–water partition coefficient (Wildman–Crippen LogP) is 4.48. The van der Waals surface area contributed by atoms with Gasteiger partial charge in [-0.05, 0) is 41.8 Å². The molecule has 3 aromatic rings. The van der Waals surface area contributed by atoms with Crippen LogP contribution in [0.15, 0.2) is 71.6 Å². The van der Waals surface area contributed by atoms with Gasteiger partial charge in [0, 0.05) is 5.92 Å². The van der Waals surface area contributed by atoms with E-state index in [1.807, 2.05) is 31.2 Å². The minimum absolute atomic E-state index is 0.117. The fraction of sp³-hybridized carbons (Fsp3) is 0.200. The molecule has 2 unspecified atom stereocenters. The molecule has 0 bridgehead atoms. The fourth-order valence-corrected chi connectivity index (χ4v) is 5.12. The van der Waals surface area contributed by atoms with Crippen molar-refractivity contribution >= 4 is 20.6 Å². The van der Waals surface area contributed by atoms with Crippen LogP contribution >= 0.6 is 0 Å². The van der Waals surface area contributed by atoms with Crippen molar-refractivity contribution in [3.05, 3.63) is 77.9 Å². The quantitative estimate of drug-likeness (QED) is 0.712. The third kappa shape index (κ3) is 2.55. The van der Waals surface area contributed by atoms with Crippen molar-refractivity contribution in [2.45, 2.75) is 29.4 Å². The molecule has 1 aliphatic rings. The first-order chi connectivity index (χ1) is 11.1. The van der Waals surface area contributed by atoms with Gasteiger partial charge in [0.1, 0.15) is 0 Å². The smallest absolute Gasteiger partial charge is 0.181 e. The first-order valence-electron chi connectivity index (χ1n) is 7.85. The molecule has 0 amide bonds. The summed E-state index contributed by atoms with van der Waals surface area (Å²) in [6.07, 6.45) is 0.717. The summed E-state index contributed by atoms with van der Waals surface area (Å²) in [4.78, 5) is 0.441. The third-order valence-electron chi connectivity index (χ3n) is 4.68. The average Bonchev–Trinajstić information content (AvgIpc) is 3.36. The highest BCUT2D eigenvalue weighted by atomic mass is 32.2. The van der Waals surface area contributed by atoms with Crippen molar-refractivity contribution < 1.29 is 8.42 Å². The number of fused-ring (bicyclic) bond motifs is 1. The van der Waals surface area contributed by atoms with E-state index in [0.29, 0.717) is 11.3 Å². The maximum atomic E-state index is 12.8. The lowest BCUT2D eigenvalue weighted by Gasteiger charge is -2.06. The summed E-state index contributed by atoms with van der Waals surface area (Å²) in [6, 6.07) is 21.6. The second kappa shape index (κ2) is 5.20. The third-order valence-corrected chi connectivity index (χ3v) is 6.93. The maximum absolute atomic E-state index is 12.8. The molecule has 1 aliphatic carbocycles. The number of aryl methyl sites for hydroxylation is 1. The molecular weight excluding hydrogens is 304 g/mol. The summed E-state index contributed by atoms with van der Waals surface area (Å²) in [7, 11) is -3.23. The van der Waals surface area contributed by atoms with Crippen LogP contribution in [0.1, 0.15) is 23.5 Å². The Bertz CT molecular complexity index is 972. The number of rotatable bonds is 3. The molecule has 3 heteroatoms. The SMILES string of the molecule is Cc1ccc(S(=O)(=O)C2CC2c2ccc3ccccc3c2)cc1. The summed E-state index contributed by atoms with van der Waals surface area (Å²) in [6.45, 7) is 1.96. The second-order valence-corrected chi connectivity index (χ2v) is 8.51. The number of benzene rings is 3. The molecule has 4 rings (SSSR count). The summed E-state index contributed by atoms with van der Waals surface area (Å²) < 4.78 is 25.5. The molecule has 3 aromatic carbocycles. The van der Waals surface area contributed by atoms with E-state index in [4.69, 9.17) is 0 Å². The van der Waals surface area contributed by atoms with Gasteiger partial charge in [-0.25, -0.2) is 8.42 Å². The Kier molecular flexibility index (Phi) is 3.27. The monoisotopic (exact) mass is 322 g/mol. The standard InChI is InChI=1S/C20H18O2S/c1-14-6-10-18(11-7-14)23(21,22)20-13-19(20)17-9-8-15-4-2-3-5-16(15)12-17/h2-12,19-20H,13H2,1H3. The Morgan fingerprint density at radius 3 is 2.30 bits per heavy atom. The molecule has 2 nitrogen and oxygen atoms in total. The van der Waals surface area contributed by atoms with E-state index < -0.39 is 9.84 Å². The molecular formula is C20H18O2S. The van der Waals surface area contributed by atoms with Crippen LogP contribution in [-0.2, 0) is 9.84 Å². The van der Waals surface area contributed by atoms with Gasteiger partial charge in [0.2, 0.25) is 0 Å². The zero-order chi connectivity index (χ0) is 16.0. The van der Waals surface area contributed by atoms with E-state index >= 15 is 0 Å². The Hall–Kier alpha value is -2.13. The molecule has 2 atom stereocenters. The number of sulfone groups is 1. The van der Waals surface area contributed by atoms with E-state index in [-0.39, 0.29) is 11.2 Å². The molecule has 1 saturated carbocycles. The molecule has 0 aliphatic heterocycles. The molecule has 0 aromatic heterocycles. The molecule has 1 fully saturated rings. The molecule has 0 N–H and O–H groups in total.